The van der Waals surface area contributed by atoms with E-state index < -0.39 is 0 Å². The molecule has 21 heavy (non-hydrogen) atoms. The van der Waals surface area contributed by atoms with E-state index in [0.717, 1.165) is 11.3 Å². The van der Waals surface area contributed by atoms with Crippen molar-refractivity contribution < 1.29 is 4.39 Å². The molecule has 2 aromatic rings. The first kappa shape index (κ1) is 14.1. The molecule has 0 bridgehead atoms. The van der Waals surface area contributed by atoms with Crippen LogP contribution in [0, 0.1) is 19.7 Å². The quantitative estimate of drug-likeness (QED) is 0.820. The highest BCUT2D eigenvalue weighted by Gasteiger charge is 2.19. The van der Waals surface area contributed by atoms with Crippen molar-refractivity contribution in [2.75, 3.05) is 10.6 Å². The van der Waals surface area contributed by atoms with Crippen LogP contribution >= 0.6 is 15.9 Å². The molecule has 0 amide bonds. The van der Waals surface area contributed by atoms with Crippen LogP contribution in [0.5, 0.6) is 0 Å². The Morgan fingerprint density at radius 2 is 1.95 bits per heavy atom. The van der Waals surface area contributed by atoms with Crippen LogP contribution in [0.1, 0.15) is 22.9 Å². The summed E-state index contributed by atoms with van der Waals surface area (Å²) in [6, 6.07) is 9.12. The predicted molar refractivity (Wildman–Crippen MR) is 88.5 cm³/mol. The molecule has 0 aromatic heterocycles. The second kappa shape index (κ2) is 5.48. The molecule has 0 saturated carbocycles. The summed E-state index contributed by atoms with van der Waals surface area (Å²) >= 11 is 3.26. The molecule has 1 unspecified atom stereocenters. The first-order valence-corrected chi connectivity index (χ1v) is 7.45. The maximum Gasteiger partial charge on any atom is 0.148 e. The molecule has 2 N–H and O–H groups in total. The van der Waals surface area contributed by atoms with Gasteiger partial charge in [-0.15, -0.1) is 0 Å². The highest BCUT2D eigenvalue weighted by atomic mass is 79.9. The van der Waals surface area contributed by atoms with Gasteiger partial charge in [-0.25, -0.2) is 9.38 Å². The van der Waals surface area contributed by atoms with Gasteiger partial charge in [-0.3, -0.25) is 0 Å². The first-order valence-electron chi connectivity index (χ1n) is 6.65. The van der Waals surface area contributed by atoms with Crippen molar-refractivity contribution in [1.29, 1.82) is 0 Å². The number of benzene rings is 2. The van der Waals surface area contributed by atoms with E-state index in [1.54, 1.807) is 18.5 Å². The van der Waals surface area contributed by atoms with E-state index >= 15 is 0 Å². The highest BCUT2D eigenvalue weighted by molar-refractivity contribution is 9.10. The van der Waals surface area contributed by atoms with E-state index in [-0.39, 0.29) is 12.0 Å². The van der Waals surface area contributed by atoms with Gasteiger partial charge in [0.25, 0.3) is 0 Å². The summed E-state index contributed by atoms with van der Waals surface area (Å²) in [6.07, 6.45) is 1.35. The van der Waals surface area contributed by atoms with Crippen molar-refractivity contribution >= 4 is 33.6 Å². The van der Waals surface area contributed by atoms with Crippen LogP contribution in [-0.4, -0.2) is 6.34 Å². The summed E-state index contributed by atoms with van der Waals surface area (Å²) in [5.41, 5.74) is 4.86. The van der Waals surface area contributed by atoms with Gasteiger partial charge in [0.05, 0.1) is 12.0 Å². The molecule has 0 saturated heterocycles. The molecule has 1 aliphatic rings. The average molecular weight is 348 g/mol. The number of aliphatic imine (C=N–C) groups is 1. The van der Waals surface area contributed by atoms with Crippen molar-refractivity contribution in [3.05, 3.63) is 57.3 Å². The van der Waals surface area contributed by atoms with Gasteiger partial charge in [-0.2, -0.15) is 0 Å². The fourth-order valence-electron chi connectivity index (χ4n) is 2.32. The van der Waals surface area contributed by atoms with Gasteiger partial charge >= 0.3 is 0 Å². The summed E-state index contributed by atoms with van der Waals surface area (Å²) in [4.78, 5) is 4.37. The second-order valence-corrected chi connectivity index (χ2v) is 6.03. The minimum absolute atomic E-state index is 0.295. The Kier molecular flexibility index (Phi) is 3.68. The van der Waals surface area contributed by atoms with Crippen molar-refractivity contribution in [3.63, 3.8) is 0 Å². The predicted octanol–water partition coefficient (Wildman–Crippen LogP) is 4.77. The van der Waals surface area contributed by atoms with Crippen LogP contribution in [0.25, 0.3) is 0 Å². The zero-order valence-electron chi connectivity index (χ0n) is 11.7. The molecule has 0 spiro atoms. The molecule has 1 heterocycles. The maximum atomic E-state index is 14.0. The lowest BCUT2D eigenvalue weighted by atomic mass is 10.0. The van der Waals surface area contributed by atoms with Crippen molar-refractivity contribution in [2.24, 2.45) is 4.99 Å². The number of anilines is 2. The van der Waals surface area contributed by atoms with E-state index in [2.05, 4.69) is 57.5 Å². The molecular weight excluding hydrogens is 333 g/mol. The lowest BCUT2D eigenvalue weighted by Gasteiger charge is -2.24. The van der Waals surface area contributed by atoms with Gasteiger partial charge in [0, 0.05) is 15.7 Å². The number of hydrogen-bond donors (Lipinski definition) is 2. The maximum absolute atomic E-state index is 14.0. The van der Waals surface area contributed by atoms with Gasteiger partial charge in [0.2, 0.25) is 0 Å². The molecular formula is C16H15BrFN3. The molecule has 1 aliphatic heterocycles. The Morgan fingerprint density at radius 3 is 2.71 bits per heavy atom. The van der Waals surface area contributed by atoms with E-state index in [1.807, 2.05) is 0 Å². The van der Waals surface area contributed by atoms with E-state index in [4.69, 9.17) is 0 Å². The molecule has 0 aliphatic carbocycles. The minimum Gasteiger partial charge on any atom is -0.358 e. The van der Waals surface area contributed by atoms with Crippen LogP contribution < -0.4 is 10.6 Å². The lowest BCUT2D eigenvalue weighted by molar-refractivity contribution is 0.625. The zero-order valence-corrected chi connectivity index (χ0v) is 13.3. The summed E-state index contributed by atoms with van der Waals surface area (Å²) in [5, 5.41) is 6.28. The van der Waals surface area contributed by atoms with Crippen LogP contribution in [0.4, 0.5) is 15.8 Å². The third kappa shape index (κ3) is 2.78. The number of halogens is 2. The van der Waals surface area contributed by atoms with E-state index in [0.29, 0.717) is 10.2 Å². The van der Waals surface area contributed by atoms with Crippen molar-refractivity contribution in [1.82, 2.24) is 0 Å². The number of hydrogen-bond acceptors (Lipinski definition) is 3. The normalized spacial score (nSPS) is 16.3. The molecule has 1 atom stereocenters. The van der Waals surface area contributed by atoms with Crippen LogP contribution in [0.15, 0.2) is 39.8 Å². The van der Waals surface area contributed by atoms with Gasteiger partial charge in [0.15, 0.2) is 0 Å². The molecule has 0 fully saturated rings. The largest absolute Gasteiger partial charge is 0.358 e. The average Bonchev–Trinajstić information content (AvgIpc) is 2.44. The van der Waals surface area contributed by atoms with Crippen LogP contribution in [-0.2, 0) is 0 Å². The van der Waals surface area contributed by atoms with E-state index in [1.165, 1.54) is 17.2 Å². The Labute approximate surface area is 131 Å². The minimum atomic E-state index is -0.302. The number of nitrogens with zero attached hydrogens (tertiary/aromatic N) is 1. The molecule has 0 radical (unpaired) electrons. The number of fused-ring (bicyclic) bond motifs is 1. The SMILES string of the molecule is Cc1cc2c(cc1C)C(Nc1ccc(Br)cc1F)N=CN2. The Morgan fingerprint density at radius 1 is 1.19 bits per heavy atom. The fourth-order valence-corrected chi connectivity index (χ4v) is 2.65. The summed E-state index contributed by atoms with van der Waals surface area (Å²) in [6.45, 7) is 4.13. The molecule has 108 valence electrons. The third-order valence-corrected chi connectivity index (χ3v) is 4.12. The second-order valence-electron chi connectivity index (χ2n) is 5.12. The topological polar surface area (TPSA) is 36.4 Å². The summed E-state index contributed by atoms with van der Waals surface area (Å²) in [5.74, 6) is -0.302. The number of aryl methyl sites for hydroxylation is 2. The van der Waals surface area contributed by atoms with Crippen LogP contribution in [0.3, 0.4) is 0 Å². The molecule has 3 rings (SSSR count). The van der Waals surface area contributed by atoms with Gasteiger partial charge in [0.1, 0.15) is 12.0 Å². The number of rotatable bonds is 2. The standard InChI is InChI=1S/C16H15BrFN3/c1-9-5-12-15(6-10(9)2)19-8-20-16(12)21-14-4-3-11(17)7-13(14)18/h3-8,16,21H,1-2H3,(H,19,20). The fraction of sp³-hybridized carbons (Fsp3) is 0.188. The zero-order chi connectivity index (χ0) is 15.0. The summed E-state index contributed by atoms with van der Waals surface area (Å²) < 4.78 is 14.7. The van der Waals surface area contributed by atoms with Gasteiger partial charge < -0.3 is 10.6 Å². The van der Waals surface area contributed by atoms with E-state index in [9.17, 15) is 4.39 Å². The van der Waals surface area contributed by atoms with Gasteiger partial charge in [-0.05, 0) is 55.3 Å². The van der Waals surface area contributed by atoms with Crippen molar-refractivity contribution in [3.8, 4) is 0 Å². The summed E-state index contributed by atoms with van der Waals surface area (Å²) in [7, 11) is 0. The Balaban J connectivity index is 1.95. The lowest BCUT2D eigenvalue weighted by Crippen LogP contribution is -2.17. The van der Waals surface area contributed by atoms with Crippen LogP contribution in [0.2, 0.25) is 0 Å². The Hall–Kier alpha value is -1.88. The first-order chi connectivity index (χ1) is 10.0. The smallest absolute Gasteiger partial charge is 0.148 e. The monoisotopic (exact) mass is 347 g/mol. The molecule has 5 heteroatoms. The third-order valence-electron chi connectivity index (χ3n) is 3.63. The van der Waals surface area contributed by atoms with Crippen molar-refractivity contribution in [2.45, 2.75) is 20.0 Å². The number of nitrogens with one attached hydrogen (secondary N) is 2. The van der Waals surface area contributed by atoms with Gasteiger partial charge in [-0.1, -0.05) is 15.9 Å². The molecule has 2 aromatic carbocycles. The Bertz CT molecular complexity index is 728. The highest BCUT2D eigenvalue weighted by Crippen LogP contribution is 2.33. The molecule has 3 nitrogen and oxygen atoms in total.